The Morgan fingerprint density at radius 2 is 2.05 bits per heavy atom. The molecule has 0 atom stereocenters. The van der Waals surface area contributed by atoms with E-state index in [1.807, 2.05) is 12.1 Å². The molecule has 3 rings (SSSR count). The zero-order valence-corrected chi connectivity index (χ0v) is 11.8. The molecule has 0 amide bonds. The first-order valence-corrected chi connectivity index (χ1v) is 7.73. The number of aliphatic hydroxyl groups is 1. The molecule has 0 fully saturated rings. The summed E-state index contributed by atoms with van der Waals surface area (Å²) in [5.41, 5.74) is 1.44. The minimum atomic E-state index is -3.73. The number of benzene rings is 1. The highest BCUT2D eigenvalue weighted by Gasteiger charge is 2.17. The van der Waals surface area contributed by atoms with Gasteiger partial charge in [-0.15, -0.1) is 0 Å². The van der Waals surface area contributed by atoms with Crippen LogP contribution >= 0.6 is 0 Å². The molecule has 0 aliphatic heterocycles. The minimum Gasteiger partial charge on any atom is -0.390 e. The molecule has 0 bridgehead atoms. The fourth-order valence-electron chi connectivity index (χ4n) is 2.06. The molecule has 0 saturated heterocycles. The average Bonchev–Trinajstić information content (AvgIpc) is 2.97. The Labute approximate surface area is 121 Å². The van der Waals surface area contributed by atoms with E-state index in [4.69, 9.17) is 5.11 Å². The number of H-pyrrole nitrogens is 1. The Morgan fingerprint density at radius 3 is 2.81 bits per heavy atom. The first-order chi connectivity index (χ1) is 10.1. The van der Waals surface area contributed by atoms with E-state index in [1.54, 1.807) is 24.4 Å². The number of hydrogen-bond donors (Lipinski definition) is 3. The van der Waals surface area contributed by atoms with Crippen LogP contribution < -0.4 is 4.72 Å². The quantitative estimate of drug-likeness (QED) is 0.685. The zero-order chi connectivity index (χ0) is 14.9. The molecule has 7 heteroatoms. The third-order valence-corrected chi connectivity index (χ3v) is 4.42. The van der Waals surface area contributed by atoms with Gasteiger partial charge in [-0.25, -0.2) is 8.42 Å². The minimum absolute atomic E-state index is 0.0690. The number of aliphatic hydroxyl groups excluding tert-OH is 1. The molecular formula is C14H13N3O3S. The van der Waals surface area contributed by atoms with Crippen molar-refractivity contribution in [1.82, 2.24) is 9.97 Å². The van der Waals surface area contributed by atoms with E-state index in [9.17, 15) is 8.42 Å². The van der Waals surface area contributed by atoms with Crippen molar-refractivity contribution in [3.8, 4) is 0 Å². The smallest absolute Gasteiger partial charge is 0.263 e. The monoisotopic (exact) mass is 303 g/mol. The molecule has 2 aromatic heterocycles. The van der Waals surface area contributed by atoms with Crippen molar-refractivity contribution >= 4 is 26.6 Å². The molecule has 0 aliphatic rings. The third kappa shape index (κ3) is 2.61. The first kappa shape index (κ1) is 13.6. The van der Waals surface area contributed by atoms with Crippen molar-refractivity contribution in [2.45, 2.75) is 11.5 Å². The van der Waals surface area contributed by atoms with Gasteiger partial charge in [0, 0.05) is 23.5 Å². The molecule has 3 N–H and O–H groups in total. The van der Waals surface area contributed by atoms with E-state index in [2.05, 4.69) is 14.7 Å². The van der Waals surface area contributed by atoms with Crippen LogP contribution in [0.1, 0.15) is 5.69 Å². The number of aromatic amines is 1. The van der Waals surface area contributed by atoms with Crippen LogP contribution in [0.3, 0.4) is 0 Å². The van der Waals surface area contributed by atoms with Gasteiger partial charge in [0.2, 0.25) is 0 Å². The number of sulfonamides is 1. The molecule has 6 nitrogen and oxygen atoms in total. The predicted octanol–water partition coefficient (Wildman–Crippen LogP) is 1.86. The average molecular weight is 303 g/mol. The number of aromatic nitrogens is 2. The van der Waals surface area contributed by atoms with E-state index in [0.717, 1.165) is 5.39 Å². The van der Waals surface area contributed by atoms with Crippen molar-refractivity contribution in [2.75, 3.05) is 4.72 Å². The standard InChI is InChI=1S/C14H13N3O3S/c18-9-11-7-12(8-16-11)21(19,20)17-13-5-1-3-10-4-2-6-15-14(10)13/h1-8,16-18H,9H2. The molecule has 3 aromatic rings. The zero-order valence-electron chi connectivity index (χ0n) is 10.9. The maximum atomic E-state index is 12.3. The van der Waals surface area contributed by atoms with E-state index >= 15 is 0 Å². The Bertz CT molecular complexity index is 882. The predicted molar refractivity (Wildman–Crippen MR) is 79.3 cm³/mol. The summed E-state index contributed by atoms with van der Waals surface area (Å²) in [7, 11) is -3.73. The summed E-state index contributed by atoms with van der Waals surface area (Å²) >= 11 is 0. The summed E-state index contributed by atoms with van der Waals surface area (Å²) in [5.74, 6) is 0. The van der Waals surface area contributed by atoms with E-state index in [1.165, 1.54) is 12.3 Å². The summed E-state index contributed by atoms with van der Waals surface area (Å²) in [6.07, 6.45) is 2.95. The second-order valence-corrected chi connectivity index (χ2v) is 6.19. The lowest BCUT2D eigenvalue weighted by molar-refractivity contribution is 0.277. The lowest BCUT2D eigenvalue weighted by Crippen LogP contribution is -2.12. The Balaban J connectivity index is 2.01. The van der Waals surface area contributed by atoms with E-state index in [-0.39, 0.29) is 11.5 Å². The topological polar surface area (TPSA) is 95.1 Å². The highest BCUT2D eigenvalue weighted by Crippen LogP contribution is 2.24. The molecule has 0 radical (unpaired) electrons. The summed E-state index contributed by atoms with van der Waals surface area (Å²) in [4.78, 5) is 6.97. The molecule has 0 spiro atoms. The van der Waals surface area contributed by atoms with Gasteiger partial charge in [-0.2, -0.15) is 0 Å². The first-order valence-electron chi connectivity index (χ1n) is 6.25. The molecular weight excluding hydrogens is 290 g/mol. The number of para-hydroxylation sites is 1. The number of rotatable bonds is 4. The van der Waals surface area contributed by atoms with Crippen molar-refractivity contribution in [1.29, 1.82) is 0 Å². The fraction of sp³-hybridized carbons (Fsp3) is 0.0714. The lowest BCUT2D eigenvalue weighted by atomic mass is 10.2. The summed E-state index contributed by atoms with van der Waals surface area (Å²) in [6.45, 7) is -0.245. The maximum Gasteiger partial charge on any atom is 0.263 e. The largest absolute Gasteiger partial charge is 0.390 e. The SMILES string of the molecule is O=S(=O)(Nc1cccc2cccnc12)c1c[nH]c(CO)c1. The highest BCUT2D eigenvalue weighted by molar-refractivity contribution is 7.92. The van der Waals surface area contributed by atoms with Crippen LogP contribution in [0.2, 0.25) is 0 Å². The van der Waals surface area contributed by atoms with Gasteiger partial charge in [-0.3, -0.25) is 9.71 Å². The third-order valence-electron chi connectivity index (χ3n) is 3.07. The lowest BCUT2D eigenvalue weighted by Gasteiger charge is -2.08. The second-order valence-electron chi connectivity index (χ2n) is 4.50. The van der Waals surface area contributed by atoms with Crippen molar-refractivity contribution < 1.29 is 13.5 Å². The van der Waals surface area contributed by atoms with Crippen LogP contribution in [0.4, 0.5) is 5.69 Å². The van der Waals surface area contributed by atoms with Gasteiger partial charge < -0.3 is 10.1 Å². The number of anilines is 1. The fourth-order valence-corrected chi connectivity index (χ4v) is 3.14. The van der Waals surface area contributed by atoms with E-state index in [0.29, 0.717) is 16.9 Å². The van der Waals surface area contributed by atoms with Gasteiger partial charge in [-0.05, 0) is 18.2 Å². The van der Waals surface area contributed by atoms with E-state index < -0.39 is 10.0 Å². The number of nitrogens with one attached hydrogen (secondary N) is 2. The second kappa shape index (κ2) is 5.19. The van der Waals surface area contributed by atoms with Crippen LogP contribution in [0, 0.1) is 0 Å². The Hall–Kier alpha value is -2.38. The van der Waals surface area contributed by atoms with Gasteiger partial charge in [0.1, 0.15) is 4.90 Å². The maximum absolute atomic E-state index is 12.3. The molecule has 1 aromatic carbocycles. The molecule has 108 valence electrons. The number of hydrogen-bond acceptors (Lipinski definition) is 4. The van der Waals surface area contributed by atoms with Crippen LogP contribution in [0.25, 0.3) is 10.9 Å². The van der Waals surface area contributed by atoms with Gasteiger partial charge in [-0.1, -0.05) is 18.2 Å². The Kier molecular flexibility index (Phi) is 3.36. The van der Waals surface area contributed by atoms with Crippen molar-refractivity contribution in [3.05, 3.63) is 54.5 Å². The summed E-state index contributed by atoms with van der Waals surface area (Å²) < 4.78 is 27.2. The van der Waals surface area contributed by atoms with Crippen LogP contribution in [-0.4, -0.2) is 23.5 Å². The molecule has 2 heterocycles. The molecule has 0 saturated carbocycles. The normalized spacial score (nSPS) is 11.7. The number of fused-ring (bicyclic) bond motifs is 1. The van der Waals surface area contributed by atoms with Crippen molar-refractivity contribution in [2.24, 2.45) is 0 Å². The summed E-state index contributed by atoms with van der Waals surface area (Å²) in [6, 6.07) is 10.3. The van der Waals surface area contributed by atoms with Gasteiger partial charge in [0.05, 0.1) is 17.8 Å². The molecule has 21 heavy (non-hydrogen) atoms. The van der Waals surface area contributed by atoms with Crippen LogP contribution in [-0.2, 0) is 16.6 Å². The van der Waals surface area contributed by atoms with Gasteiger partial charge in [0.15, 0.2) is 0 Å². The van der Waals surface area contributed by atoms with Crippen LogP contribution in [0.15, 0.2) is 53.7 Å². The number of pyridine rings is 1. The van der Waals surface area contributed by atoms with Gasteiger partial charge in [0.25, 0.3) is 10.0 Å². The summed E-state index contributed by atoms with van der Waals surface area (Å²) in [5, 5.41) is 9.84. The molecule has 0 unspecified atom stereocenters. The number of nitrogens with zero attached hydrogens (tertiary/aromatic N) is 1. The van der Waals surface area contributed by atoms with Crippen LogP contribution in [0.5, 0.6) is 0 Å². The molecule has 0 aliphatic carbocycles. The van der Waals surface area contributed by atoms with Crippen molar-refractivity contribution in [3.63, 3.8) is 0 Å². The Morgan fingerprint density at radius 1 is 1.24 bits per heavy atom. The van der Waals surface area contributed by atoms with Gasteiger partial charge >= 0.3 is 0 Å². The highest BCUT2D eigenvalue weighted by atomic mass is 32.2.